The van der Waals surface area contributed by atoms with Crippen LogP contribution >= 0.6 is 0 Å². The van der Waals surface area contributed by atoms with Crippen LogP contribution in [0.4, 0.5) is 0 Å². The summed E-state index contributed by atoms with van der Waals surface area (Å²) in [6.07, 6.45) is 1.60. The Hall–Kier alpha value is -2.04. The molecule has 22 heavy (non-hydrogen) atoms. The van der Waals surface area contributed by atoms with Crippen LogP contribution in [0.2, 0.25) is 0 Å². The number of carbonyl (C=O) groups is 2. The van der Waals surface area contributed by atoms with Crippen LogP contribution in [0.1, 0.15) is 37.0 Å². The summed E-state index contributed by atoms with van der Waals surface area (Å²) < 4.78 is 5.16. The first-order valence-electron chi connectivity index (χ1n) is 7.75. The summed E-state index contributed by atoms with van der Waals surface area (Å²) in [7, 11) is 1.59. The first-order chi connectivity index (χ1) is 10.5. The van der Waals surface area contributed by atoms with E-state index in [2.05, 4.69) is 5.32 Å². The van der Waals surface area contributed by atoms with Crippen molar-refractivity contribution in [3.63, 3.8) is 0 Å². The van der Waals surface area contributed by atoms with E-state index in [4.69, 9.17) is 4.74 Å². The molecule has 120 valence electrons. The van der Waals surface area contributed by atoms with Crippen molar-refractivity contribution in [2.75, 3.05) is 20.2 Å². The van der Waals surface area contributed by atoms with Crippen molar-refractivity contribution in [2.45, 2.75) is 32.7 Å². The average Bonchev–Trinajstić information content (AvgIpc) is 2.54. The van der Waals surface area contributed by atoms with E-state index in [-0.39, 0.29) is 23.8 Å². The maximum Gasteiger partial charge on any atom is 0.253 e. The number of amides is 2. The summed E-state index contributed by atoms with van der Waals surface area (Å²) in [5.74, 6) is 0.784. The molecule has 0 radical (unpaired) electrons. The molecule has 2 rings (SSSR count). The number of methoxy groups -OCH3 is 1. The first kappa shape index (κ1) is 16.3. The topological polar surface area (TPSA) is 58.6 Å². The highest BCUT2D eigenvalue weighted by Gasteiger charge is 2.25. The molecule has 5 nitrogen and oxygen atoms in total. The molecule has 5 heteroatoms. The minimum absolute atomic E-state index is 0.00329. The van der Waals surface area contributed by atoms with Gasteiger partial charge in [0, 0.05) is 30.6 Å². The van der Waals surface area contributed by atoms with Gasteiger partial charge in [-0.25, -0.2) is 0 Å². The molecule has 1 saturated heterocycles. The van der Waals surface area contributed by atoms with Crippen molar-refractivity contribution in [1.29, 1.82) is 0 Å². The molecule has 1 heterocycles. The van der Waals surface area contributed by atoms with Crippen LogP contribution in [-0.4, -0.2) is 43.0 Å². The molecule has 1 aliphatic rings. The van der Waals surface area contributed by atoms with Crippen molar-refractivity contribution < 1.29 is 14.3 Å². The lowest BCUT2D eigenvalue weighted by molar-refractivity contribution is -0.124. The van der Waals surface area contributed by atoms with E-state index in [0.29, 0.717) is 24.4 Å². The van der Waals surface area contributed by atoms with Gasteiger partial charge in [-0.05, 0) is 31.0 Å². The zero-order chi connectivity index (χ0) is 16.1. The van der Waals surface area contributed by atoms with Crippen LogP contribution in [0.5, 0.6) is 5.75 Å². The Morgan fingerprint density at radius 1 is 1.27 bits per heavy atom. The maximum absolute atomic E-state index is 12.5. The number of piperidine rings is 1. The Bertz CT molecular complexity index is 534. The number of likely N-dealkylation sites (tertiary alicyclic amines) is 1. The summed E-state index contributed by atoms with van der Waals surface area (Å²) in [5.41, 5.74) is 0.643. The van der Waals surface area contributed by atoms with Crippen molar-refractivity contribution in [3.05, 3.63) is 29.8 Å². The summed E-state index contributed by atoms with van der Waals surface area (Å²) >= 11 is 0. The van der Waals surface area contributed by atoms with Crippen molar-refractivity contribution in [2.24, 2.45) is 5.92 Å². The van der Waals surface area contributed by atoms with Gasteiger partial charge in [-0.3, -0.25) is 9.59 Å². The second kappa shape index (κ2) is 7.29. The fourth-order valence-electron chi connectivity index (χ4n) is 2.53. The van der Waals surface area contributed by atoms with Crippen LogP contribution in [0.15, 0.2) is 24.3 Å². The standard InChI is InChI=1S/C17H24N2O3/c1-12(2)16(20)18-14-7-9-19(10-8-14)17(21)13-5-4-6-15(11-13)22-3/h4-6,11-12,14H,7-10H2,1-3H3,(H,18,20). The highest BCUT2D eigenvalue weighted by Crippen LogP contribution is 2.18. The van der Waals surface area contributed by atoms with E-state index in [1.807, 2.05) is 30.9 Å². The SMILES string of the molecule is COc1cccc(C(=O)N2CCC(NC(=O)C(C)C)CC2)c1. The Labute approximate surface area is 131 Å². The summed E-state index contributed by atoms with van der Waals surface area (Å²) in [4.78, 5) is 26.0. The third-order valence-corrected chi connectivity index (χ3v) is 3.97. The Morgan fingerprint density at radius 2 is 1.95 bits per heavy atom. The van der Waals surface area contributed by atoms with Crippen LogP contribution in [0.3, 0.4) is 0 Å². The lowest BCUT2D eigenvalue weighted by atomic mass is 10.0. The van der Waals surface area contributed by atoms with Gasteiger partial charge in [0.15, 0.2) is 0 Å². The van der Waals surface area contributed by atoms with E-state index in [0.717, 1.165) is 12.8 Å². The monoisotopic (exact) mass is 304 g/mol. The predicted octanol–water partition coefficient (Wildman–Crippen LogP) is 2.07. The van der Waals surface area contributed by atoms with Gasteiger partial charge in [0.05, 0.1) is 7.11 Å². The van der Waals surface area contributed by atoms with Crippen LogP contribution in [-0.2, 0) is 4.79 Å². The molecule has 1 N–H and O–H groups in total. The molecule has 2 amide bonds. The van der Waals surface area contributed by atoms with Gasteiger partial charge in [-0.15, -0.1) is 0 Å². The third-order valence-electron chi connectivity index (χ3n) is 3.97. The highest BCUT2D eigenvalue weighted by molar-refractivity contribution is 5.94. The second-order valence-electron chi connectivity index (χ2n) is 5.96. The van der Waals surface area contributed by atoms with Crippen molar-refractivity contribution in [1.82, 2.24) is 10.2 Å². The van der Waals surface area contributed by atoms with Crippen molar-refractivity contribution in [3.8, 4) is 5.75 Å². The number of nitrogens with zero attached hydrogens (tertiary/aromatic N) is 1. The van der Waals surface area contributed by atoms with E-state index in [9.17, 15) is 9.59 Å². The zero-order valence-electron chi connectivity index (χ0n) is 13.5. The van der Waals surface area contributed by atoms with E-state index in [1.54, 1.807) is 19.2 Å². The van der Waals surface area contributed by atoms with Gasteiger partial charge in [-0.1, -0.05) is 19.9 Å². The van der Waals surface area contributed by atoms with Gasteiger partial charge in [0.2, 0.25) is 5.91 Å². The molecule has 0 spiro atoms. The van der Waals surface area contributed by atoms with Crippen LogP contribution < -0.4 is 10.1 Å². The van der Waals surface area contributed by atoms with Crippen molar-refractivity contribution >= 4 is 11.8 Å². The molecule has 0 bridgehead atoms. The number of nitrogens with one attached hydrogen (secondary N) is 1. The lowest BCUT2D eigenvalue weighted by Gasteiger charge is -2.32. The number of hydrogen-bond donors (Lipinski definition) is 1. The lowest BCUT2D eigenvalue weighted by Crippen LogP contribution is -2.47. The molecule has 1 aliphatic heterocycles. The fraction of sp³-hybridized carbons (Fsp3) is 0.529. The van der Waals surface area contributed by atoms with Crippen LogP contribution in [0.25, 0.3) is 0 Å². The average molecular weight is 304 g/mol. The van der Waals surface area contributed by atoms with Crippen LogP contribution in [0, 0.1) is 5.92 Å². The zero-order valence-corrected chi connectivity index (χ0v) is 13.5. The Balaban J connectivity index is 1.90. The maximum atomic E-state index is 12.5. The Morgan fingerprint density at radius 3 is 2.55 bits per heavy atom. The highest BCUT2D eigenvalue weighted by atomic mass is 16.5. The van der Waals surface area contributed by atoms with E-state index in [1.165, 1.54) is 0 Å². The number of rotatable bonds is 4. The molecule has 0 aliphatic carbocycles. The second-order valence-corrected chi connectivity index (χ2v) is 5.96. The van der Waals surface area contributed by atoms with Gasteiger partial charge in [-0.2, -0.15) is 0 Å². The molecule has 1 aromatic carbocycles. The summed E-state index contributed by atoms with van der Waals surface area (Å²) in [6.45, 7) is 5.10. The first-order valence-corrected chi connectivity index (χ1v) is 7.75. The molecule has 1 fully saturated rings. The predicted molar refractivity (Wildman–Crippen MR) is 84.9 cm³/mol. The Kier molecular flexibility index (Phi) is 5.41. The fourth-order valence-corrected chi connectivity index (χ4v) is 2.53. The van der Waals surface area contributed by atoms with Gasteiger partial charge in [0.25, 0.3) is 5.91 Å². The number of carbonyl (C=O) groups excluding carboxylic acids is 2. The smallest absolute Gasteiger partial charge is 0.253 e. The van der Waals surface area contributed by atoms with E-state index >= 15 is 0 Å². The molecule has 0 unspecified atom stereocenters. The molecular weight excluding hydrogens is 280 g/mol. The molecule has 1 aromatic rings. The molecule has 0 saturated carbocycles. The summed E-state index contributed by atoms with van der Waals surface area (Å²) in [6, 6.07) is 7.38. The van der Waals surface area contributed by atoms with Gasteiger partial charge < -0.3 is 15.0 Å². The third kappa shape index (κ3) is 4.00. The normalized spacial score (nSPS) is 15.7. The number of hydrogen-bond acceptors (Lipinski definition) is 3. The van der Waals surface area contributed by atoms with E-state index < -0.39 is 0 Å². The van der Waals surface area contributed by atoms with Gasteiger partial charge in [0.1, 0.15) is 5.75 Å². The summed E-state index contributed by atoms with van der Waals surface area (Å²) in [5, 5.41) is 3.04. The quantitative estimate of drug-likeness (QED) is 0.926. The molecular formula is C17H24N2O3. The minimum Gasteiger partial charge on any atom is -0.497 e. The number of benzene rings is 1. The minimum atomic E-state index is -0.00329. The largest absolute Gasteiger partial charge is 0.497 e. The molecule has 0 atom stereocenters. The molecule has 0 aromatic heterocycles. The number of ether oxygens (including phenoxy) is 1. The van der Waals surface area contributed by atoms with Gasteiger partial charge >= 0.3 is 0 Å².